The maximum absolute atomic E-state index is 6.44. The maximum atomic E-state index is 6.44. The van der Waals surface area contributed by atoms with Crippen molar-refractivity contribution < 1.29 is 9.30 Å². The van der Waals surface area contributed by atoms with Gasteiger partial charge in [-0.3, -0.25) is 0 Å². The van der Waals surface area contributed by atoms with Gasteiger partial charge in [-0.25, -0.2) is 4.57 Å². The monoisotopic (exact) mass is 423 g/mol. The fourth-order valence-corrected chi connectivity index (χ4v) is 6.26. The molecule has 4 heteroatoms. The largest absolute Gasteiger partial charge is 0.458 e. The van der Waals surface area contributed by atoms with Crippen LogP contribution in [0, 0.1) is 6.92 Å². The van der Waals surface area contributed by atoms with Crippen LogP contribution in [0.15, 0.2) is 85.1 Å². The van der Waals surface area contributed by atoms with Crippen molar-refractivity contribution in [2.24, 2.45) is 7.05 Å². The molecule has 3 aliphatic rings. The SMILES string of the molecule is Cc1cccc2c1-c1c3c4c(ccc3cc[n+]1C)B1c3ccccc3Oc3cccc(c31)N24. The average molecular weight is 423 g/mol. The highest BCUT2D eigenvalue weighted by atomic mass is 16.5. The van der Waals surface area contributed by atoms with Crippen LogP contribution in [0.1, 0.15) is 5.56 Å². The highest BCUT2D eigenvalue weighted by Gasteiger charge is 2.45. The van der Waals surface area contributed by atoms with E-state index in [1.807, 2.05) is 0 Å². The quantitative estimate of drug-likeness (QED) is 0.266. The van der Waals surface area contributed by atoms with Gasteiger partial charge >= 0.3 is 0 Å². The van der Waals surface area contributed by atoms with Crippen molar-refractivity contribution in [2.45, 2.75) is 6.92 Å². The van der Waals surface area contributed by atoms with Crippen LogP contribution in [-0.4, -0.2) is 6.71 Å². The first kappa shape index (κ1) is 17.5. The smallest absolute Gasteiger partial charge is 0.256 e. The van der Waals surface area contributed by atoms with E-state index >= 15 is 0 Å². The van der Waals surface area contributed by atoms with Crippen LogP contribution in [0.25, 0.3) is 22.0 Å². The van der Waals surface area contributed by atoms with E-state index in [2.05, 4.69) is 108 Å². The third-order valence-electron chi connectivity index (χ3n) is 7.59. The van der Waals surface area contributed by atoms with Gasteiger partial charge in [0.05, 0.1) is 22.3 Å². The molecule has 0 unspecified atom stereocenters. The van der Waals surface area contributed by atoms with Crippen molar-refractivity contribution >= 4 is 50.9 Å². The van der Waals surface area contributed by atoms with Gasteiger partial charge in [0.15, 0.2) is 6.20 Å². The van der Waals surface area contributed by atoms with Gasteiger partial charge in [0.1, 0.15) is 18.5 Å². The van der Waals surface area contributed by atoms with E-state index in [1.54, 1.807) is 0 Å². The molecule has 0 saturated heterocycles. The van der Waals surface area contributed by atoms with Gasteiger partial charge in [-0.2, -0.15) is 0 Å². The lowest BCUT2D eigenvalue weighted by molar-refractivity contribution is -0.659. The summed E-state index contributed by atoms with van der Waals surface area (Å²) in [5.41, 5.74) is 11.5. The van der Waals surface area contributed by atoms with Crippen LogP contribution in [0.2, 0.25) is 0 Å². The molecule has 0 saturated carbocycles. The third-order valence-corrected chi connectivity index (χ3v) is 7.59. The van der Waals surface area contributed by atoms with Gasteiger partial charge in [-0.1, -0.05) is 48.5 Å². The van der Waals surface area contributed by atoms with Crippen LogP contribution in [-0.2, 0) is 7.05 Å². The second-order valence-corrected chi connectivity index (χ2v) is 9.31. The Bertz CT molecular complexity index is 1690. The zero-order chi connectivity index (χ0) is 21.8. The van der Waals surface area contributed by atoms with Crippen molar-refractivity contribution in [3.63, 3.8) is 0 Å². The number of para-hydroxylation sites is 1. The lowest BCUT2D eigenvalue weighted by Gasteiger charge is -2.42. The van der Waals surface area contributed by atoms with Crippen LogP contribution < -0.4 is 30.6 Å². The second-order valence-electron chi connectivity index (χ2n) is 9.31. The van der Waals surface area contributed by atoms with E-state index in [1.165, 1.54) is 61.0 Å². The summed E-state index contributed by atoms with van der Waals surface area (Å²) in [5, 5.41) is 2.61. The lowest BCUT2D eigenvalue weighted by atomic mass is 9.34. The summed E-state index contributed by atoms with van der Waals surface area (Å²) in [7, 11) is 2.17. The standard InChI is InChI=1S/C29H20BN2O/c1-17-7-5-9-21-25(17)29-26-18(15-16-31(29)2)13-14-20-28(26)32(21)22-10-6-12-24-27(22)30(20)19-8-3-4-11-23(19)33-24/h3-16H,1-2H3/q+1. The topological polar surface area (TPSA) is 16.4 Å². The van der Waals surface area contributed by atoms with Crippen molar-refractivity contribution in [1.29, 1.82) is 0 Å². The summed E-state index contributed by atoms with van der Waals surface area (Å²) in [6.07, 6.45) is 2.19. The number of nitrogens with zero attached hydrogens (tertiary/aromatic N) is 2. The number of fused-ring (bicyclic) bond motifs is 7. The summed E-state index contributed by atoms with van der Waals surface area (Å²) < 4.78 is 8.72. The molecule has 0 N–H and O–H groups in total. The molecule has 4 heterocycles. The Hall–Kier alpha value is -4.05. The first-order chi connectivity index (χ1) is 16.2. The molecule has 154 valence electrons. The molecule has 0 radical (unpaired) electrons. The summed E-state index contributed by atoms with van der Waals surface area (Å²) >= 11 is 0. The van der Waals surface area contributed by atoms with Crippen molar-refractivity contribution in [2.75, 3.05) is 4.90 Å². The van der Waals surface area contributed by atoms with Gasteiger partial charge < -0.3 is 9.64 Å². The number of aromatic nitrogens is 1. The van der Waals surface area contributed by atoms with Crippen LogP contribution in [0.5, 0.6) is 11.5 Å². The minimum absolute atomic E-state index is 0.154. The molecule has 0 bridgehead atoms. The van der Waals surface area contributed by atoms with Gasteiger partial charge in [-0.15, -0.1) is 0 Å². The summed E-state index contributed by atoms with van der Waals surface area (Å²) in [6.45, 7) is 2.38. The van der Waals surface area contributed by atoms with Crippen LogP contribution >= 0.6 is 0 Å². The maximum Gasteiger partial charge on any atom is 0.256 e. The fourth-order valence-electron chi connectivity index (χ4n) is 6.26. The number of ether oxygens (including phenoxy) is 1. The van der Waals surface area contributed by atoms with Gasteiger partial charge in [0.25, 0.3) is 6.71 Å². The van der Waals surface area contributed by atoms with E-state index in [0.29, 0.717) is 0 Å². The Kier molecular flexibility index (Phi) is 3.10. The minimum Gasteiger partial charge on any atom is -0.458 e. The second kappa shape index (κ2) is 5.84. The van der Waals surface area contributed by atoms with E-state index in [9.17, 15) is 0 Å². The van der Waals surface area contributed by atoms with Crippen molar-refractivity contribution in [1.82, 2.24) is 0 Å². The Labute approximate surface area is 192 Å². The fraction of sp³-hybridized carbons (Fsp3) is 0.0690. The zero-order valence-electron chi connectivity index (χ0n) is 18.5. The molecule has 0 atom stereocenters. The molecule has 0 aliphatic carbocycles. The number of aryl methyl sites for hydroxylation is 2. The minimum atomic E-state index is 0.154. The Morgan fingerprint density at radius 1 is 0.788 bits per heavy atom. The summed E-state index contributed by atoms with van der Waals surface area (Å²) in [5.74, 6) is 1.92. The van der Waals surface area contributed by atoms with Gasteiger partial charge in [-0.05, 0) is 58.5 Å². The molecule has 0 spiro atoms. The number of anilines is 3. The molecule has 4 aromatic carbocycles. The molecule has 1 aromatic heterocycles. The predicted molar refractivity (Wildman–Crippen MR) is 135 cm³/mol. The van der Waals surface area contributed by atoms with Crippen LogP contribution in [0.3, 0.4) is 0 Å². The predicted octanol–water partition coefficient (Wildman–Crippen LogP) is 4.36. The Morgan fingerprint density at radius 3 is 2.55 bits per heavy atom. The first-order valence-electron chi connectivity index (χ1n) is 11.5. The third kappa shape index (κ3) is 2.00. The summed E-state index contributed by atoms with van der Waals surface area (Å²) in [6, 6.07) is 28.5. The normalized spacial score (nSPS) is 13.9. The molecule has 5 aromatic rings. The number of rotatable bonds is 0. The lowest BCUT2D eigenvalue weighted by Crippen LogP contribution is -2.59. The number of hydrogen-bond acceptors (Lipinski definition) is 2. The Morgan fingerprint density at radius 2 is 1.61 bits per heavy atom. The van der Waals surface area contributed by atoms with Gasteiger partial charge in [0.2, 0.25) is 5.69 Å². The molecular weight excluding hydrogens is 403 g/mol. The zero-order valence-corrected chi connectivity index (χ0v) is 18.5. The highest BCUT2D eigenvalue weighted by Crippen LogP contribution is 2.51. The van der Waals surface area contributed by atoms with E-state index < -0.39 is 0 Å². The molecule has 8 rings (SSSR count). The van der Waals surface area contributed by atoms with Crippen molar-refractivity contribution in [3.8, 4) is 22.8 Å². The number of hydrogen-bond donors (Lipinski definition) is 0. The molecule has 33 heavy (non-hydrogen) atoms. The summed E-state index contributed by atoms with van der Waals surface area (Å²) in [4.78, 5) is 2.49. The molecule has 0 amide bonds. The highest BCUT2D eigenvalue weighted by molar-refractivity contribution is 6.99. The Balaban J connectivity index is 1.61. The van der Waals surface area contributed by atoms with Gasteiger partial charge in [0, 0.05) is 11.8 Å². The van der Waals surface area contributed by atoms with E-state index in [-0.39, 0.29) is 6.71 Å². The molecule has 0 fully saturated rings. The number of pyridine rings is 1. The number of benzene rings is 4. The molecule has 3 nitrogen and oxygen atoms in total. The average Bonchev–Trinajstić information content (AvgIpc) is 2.84. The molecular formula is C29H20BN2O+. The first-order valence-corrected chi connectivity index (χ1v) is 11.5. The van der Waals surface area contributed by atoms with E-state index in [4.69, 9.17) is 4.74 Å². The van der Waals surface area contributed by atoms with E-state index in [0.717, 1.165) is 11.5 Å². The van der Waals surface area contributed by atoms with Crippen LogP contribution in [0.4, 0.5) is 17.1 Å². The molecule has 3 aliphatic heterocycles. The van der Waals surface area contributed by atoms with Crippen molar-refractivity contribution in [3.05, 3.63) is 90.6 Å².